The first-order valence-corrected chi connectivity index (χ1v) is 12.2. The molecule has 1 fully saturated rings. The average Bonchev–Trinajstić information content (AvgIpc) is 3.16. The number of hydrogen-bond acceptors (Lipinski definition) is 4. The van der Waals surface area contributed by atoms with E-state index in [1.54, 1.807) is 7.11 Å². The number of nitrogens with zero attached hydrogens (tertiary/aromatic N) is 1. The van der Waals surface area contributed by atoms with Crippen LogP contribution >= 0.6 is 0 Å². The molecule has 1 heterocycles. The Balaban J connectivity index is 1.62. The number of methoxy groups -OCH3 is 1. The molecule has 0 unspecified atom stereocenters. The minimum Gasteiger partial charge on any atom is -0.511 e. The zero-order chi connectivity index (χ0) is 24.1. The molecule has 0 saturated heterocycles. The van der Waals surface area contributed by atoms with Crippen LogP contribution in [0.5, 0.6) is 5.75 Å². The number of ether oxygens (including phenoxy) is 1. The summed E-state index contributed by atoms with van der Waals surface area (Å²) in [5.41, 5.74) is 5.75. The van der Waals surface area contributed by atoms with E-state index < -0.39 is 0 Å². The molecule has 0 amide bonds. The SMILES string of the molecule is CCCCC(O)=C1C(=O)C[C@@H](c2ccccc2)CC1=NCCc1c(C)[nH]c2ccc(OC)cc12. The maximum Gasteiger partial charge on any atom is 0.168 e. The second kappa shape index (κ2) is 10.7. The Hall–Kier alpha value is -3.34. The Morgan fingerprint density at radius 1 is 1.18 bits per heavy atom. The van der Waals surface area contributed by atoms with Crippen molar-refractivity contribution in [3.8, 4) is 5.75 Å². The second-order valence-corrected chi connectivity index (χ2v) is 9.08. The largest absolute Gasteiger partial charge is 0.511 e. The van der Waals surface area contributed by atoms with E-state index in [0.29, 0.717) is 31.4 Å². The van der Waals surface area contributed by atoms with Crippen LogP contribution in [-0.4, -0.2) is 35.2 Å². The van der Waals surface area contributed by atoms with Crippen LogP contribution in [0.1, 0.15) is 61.8 Å². The molecule has 34 heavy (non-hydrogen) atoms. The topological polar surface area (TPSA) is 74.7 Å². The number of hydrogen-bond donors (Lipinski definition) is 2. The van der Waals surface area contributed by atoms with Crippen molar-refractivity contribution in [3.05, 3.63) is 76.7 Å². The van der Waals surface area contributed by atoms with Crippen LogP contribution < -0.4 is 4.74 Å². The average molecular weight is 459 g/mol. The van der Waals surface area contributed by atoms with Crippen molar-refractivity contribution in [2.75, 3.05) is 13.7 Å². The van der Waals surface area contributed by atoms with E-state index in [1.165, 1.54) is 5.56 Å². The van der Waals surface area contributed by atoms with Crippen molar-refractivity contribution in [2.24, 2.45) is 4.99 Å². The van der Waals surface area contributed by atoms with E-state index in [4.69, 9.17) is 9.73 Å². The van der Waals surface area contributed by atoms with E-state index >= 15 is 0 Å². The Labute approximate surface area is 201 Å². The van der Waals surface area contributed by atoms with E-state index in [-0.39, 0.29) is 17.5 Å². The molecule has 5 heteroatoms. The molecule has 5 nitrogen and oxygen atoms in total. The summed E-state index contributed by atoms with van der Waals surface area (Å²) in [4.78, 5) is 21.5. The fourth-order valence-electron chi connectivity index (χ4n) is 4.91. The third kappa shape index (κ3) is 5.09. The predicted molar refractivity (Wildman–Crippen MR) is 138 cm³/mol. The summed E-state index contributed by atoms with van der Waals surface area (Å²) >= 11 is 0. The summed E-state index contributed by atoms with van der Waals surface area (Å²) < 4.78 is 5.41. The normalized spacial score (nSPS) is 19.1. The Morgan fingerprint density at radius 3 is 2.71 bits per heavy atom. The molecule has 1 aliphatic rings. The lowest BCUT2D eigenvalue weighted by Crippen LogP contribution is -2.27. The number of Topliss-reactive ketones (excluding diaryl/α,β-unsaturated/α-hetero) is 1. The first kappa shape index (κ1) is 23.8. The van der Waals surface area contributed by atoms with Crippen molar-refractivity contribution < 1.29 is 14.6 Å². The van der Waals surface area contributed by atoms with Gasteiger partial charge >= 0.3 is 0 Å². The highest BCUT2D eigenvalue weighted by molar-refractivity contribution is 6.24. The lowest BCUT2D eigenvalue weighted by Gasteiger charge is -2.26. The number of aliphatic hydroxyl groups is 1. The molecule has 0 aliphatic heterocycles. The number of carbonyl (C=O) groups excluding carboxylic acids is 1. The fourth-order valence-corrected chi connectivity index (χ4v) is 4.91. The van der Waals surface area contributed by atoms with Crippen molar-refractivity contribution in [3.63, 3.8) is 0 Å². The molecule has 2 N–H and O–H groups in total. The lowest BCUT2D eigenvalue weighted by molar-refractivity contribution is -0.116. The smallest absolute Gasteiger partial charge is 0.168 e. The van der Waals surface area contributed by atoms with Crippen LogP contribution in [-0.2, 0) is 11.2 Å². The summed E-state index contributed by atoms with van der Waals surface area (Å²) in [6.45, 7) is 4.71. The number of unbranched alkanes of at least 4 members (excludes halogenated alkanes) is 1. The number of aromatic nitrogens is 1. The number of aryl methyl sites for hydroxylation is 1. The van der Waals surface area contributed by atoms with Crippen LogP contribution in [0.25, 0.3) is 10.9 Å². The molecule has 1 aliphatic carbocycles. The number of aliphatic hydroxyl groups excluding tert-OH is 1. The van der Waals surface area contributed by atoms with Gasteiger partial charge in [-0.25, -0.2) is 0 Å². The third-order valence-electron chi connectivity index (χ3n) is 6.76. The number of allylic oxidation sites excluding steroid dienone is 2. The molecule has 2 aromatic carbocycles. The molecule has 178 valence electrons. The molecule has 1 atom stereocenters. The minimum absolute atomic E-state index is 0.000433. The van der Waals surface area contributed by atoms with Crippen molar-refractivity contribution in [1.82, 2.24) is 4.98 Å². The summed E-state index contributed by atoms with van der Waals surface area (Å²) in [6, 6.07) is 16.2. The van der Waals surface area contributed by atoms with Gasteiger partial charge in [0.25, 0.3) is 0 Å². The molecular weight excluding hydrogens is 424 g/mol. The van der Waals surface area contributed by atoms with Gasteiger partial charge in [-0.2, -0.15) is 0 Å². The van der Waals surface area contributed by atoms with Gasteiger partial charge in [-0.15, -0.1) is 0 Å². The summed E-state index contributed by atoms with van der Waals surface area (Å²) in [6.07, 6.45) is 4.17. The lowest BCUT2D eigenvalue weighted by atomic mass is 9.78. The van der Waals surface area contributed by atoms with E-state index in [0.717, 1.165) is 52.9 Å². The highest BCUT2D eigenvalue weighted by Gasteiger charge is 2.32. The van der Waals surface area contributed by atoms with Crippen LogP contribution in [0.15, 0.2) is 64.9 Å². The fraction of sp³-hybridized carbons (Fsp3) is 0.379. The van der Waals surface area contributed by atoms with Gasteiger partial charge in [-0.05, 0) is 61.4 Å². The number of carbonyl (C=O) groups is 1. The van der Waals surface area contributed by atoms with Gasteiger partial charge in [0.1, 0.15) is 11.5 Å². The van der Waals surface area contributed by atoms with Gasteiger partial charge in [0.05, 0.1) is 12.7 Å². The van der Waals surface area contributed by atoms with Crippen molar-refractivity contribution in [2.45, 2.75) is 58.3 Å². The summed E-state index contributed by atoms with van der Waals surface area (Å²) in [5.74, 6) is 1.12. The standard InChI is InChI=1S/C29H34N2O3/c1-4-5-11-27(32)29-26(16-21(17-28(29)33)20-9-7-6-8-10-20)30-15-14-23-19(2)31-25-13-12-22(34-3)18-24(23)25/h6-10,12-13,18,21,31-32H,4-5,11,14-17H2,1-3H3/t21-/m0/s1. The van der Waals surface area contributed by atoms with Crippen LogP contribution in [0.2, 0.25) is 0 Å². The molecule has 0 spiro atoms. The maximum atomic E-state index is 13.2. The van der Waals surface area contributed by atoms with Crippen LogP contribution in [0, 0.1) is 6.92 Å². The van der Waals surface area contributed by atoms with Crippen molar-refractivity contribution >= 4 is 22.4 Å². The summed E-state index contributed by atoms with van der Waals surface area (Å²) in [5, 5.41) is 11.9. The van der Waals surface area contributed by atoms with Crippen LogP contribution in [0.4, 0.5) is 0 Å². The van der Waals surface area contributed by atoms with Gasteiger partial charge < -0.3 is 14.8 Å². The zero-order valence-corrected chi connectivity index (χ0v) is 20.4. The van der Waals surface area contributed by atoms with Gasteiger partial charge in [0, 0.05) is 41.7 Å². The summed E-state index contributed by atoms with van der Waals surface area (Å²) in [7, 11) is 1.68. The first-order valence-electron chi connectivity index (χ1n) is 12.2. The Bertz CT molecular complexity index is 1220. The molecule has 1 aromatic heterocycles. The Kier molecular flexibility index (Phi) is 7.51. The molecular formula is C29H34N2O3. The number of fused-ring (bicyclic) bond motifs is 1. The van der Waals surface area contributed by atoms with Gasteiger partial charge in [-0.1, -0.05) is 43.7 Å². The first-order chi connectivity index (χ1) is 16.5. The highest BCUT2D eigenvalue weighted by Crippen LogP contribution is 2.34. The van der Waals surface area contributed by atoms with Crippen LogP contribution in [0.3, 0.4) is 0 Å². The van der Waals surface area contributed by atoms with Crippen molar-refractivity contribution in [1.29, 1.82) is 0 Å². The second-order valence-electron chi connectivity index (χ2n) is 9.08. The molecule has 3 aromatic rings. The molecule has 4 rings (SSSR count). The van der Waals surface area contributed by atoms with E-state index in [2.05, 4.69) is 37.0 Å². The molecule has 0 radical (unpaired) electrons. The van der Waals surface area contributed by atoms with Gasteiger partial charge in [0.2, 0.25) is 0 Å². The maximum absolute atomic E-state index is 13.2. The number of aromatic amines is 1. The number of benzene rings is 2. The predicted octanol–water partition coefficient (Wildman–Crippen LogP) is 6.62. The number of nitrogens with one attached hydrogen (secondary N) is 1. The Morgan fingerprint density at radius 2 is 1.97 bits per heavy atom. The van der Waals surface area contributed by atoms with E-state index in [9.17, 15) is 9.90 Å². The monoisotopic (exact) mass is 458 g/mol. The van der Waals surface area contributed by atoms with Gasteiger partial charge in [-0.3, -0.25) is 9.79 Å². The number of H-pyrrole nitrogens is 1. The number of ketones is 1. The third-order valence-corrected chi connectivity index (χ3v) is 6.76. The highest BCUT2D eigenvalue weighted by atomic mass is 16.5. The minimum atomic E-state index is 0.000433. The zero-order valence-electron chi connectivity index (χ0n) is 20.4. The molecule has 1 saturated carbocycles. The molecule has 0 bridgehead atoms. The van der Waals surface area contributed by atoms with E-state index in [1.807, 2.05) is 30.3 Å². The van der Waals surface area contributed by atoms with Gasteiger partial charge in [0.15, 0.2) is 5.78 Å². The number of aliphatic imine (C=N–C) groups is 1. The quantitative estimate of drug-likeness (QED) is 0.294. The number of rotatable bonds is 8.